The number of carbonyl (C=O) groups is 1. The Hall–Kier alpha value is -2.88. The molecular formula is C22H22O4. The molecule has 4 heteroatoms. The Morgan fingerprint density at radius 1 is 1.08 bits per heavy atom. The summed E-state index contributed by atoms with van der Waals surface area (Å²) in [6, 6.07) is 14.8. The van der Waals surface area contributed by atoms with E-state index in [1.54, 1.807) is 0 Å². The van der Waals surface area contributed by atoms with E-state index >= 15 is 0 Å². The van der Waals surface area contributed by atoms with Crippen LogP contribution in [0.5, 0.6) is 0 Å². The van der Waals surface area contributed by atoms with Gasteiger partial charge in [-0.3, -0.25) is 4.79 Å². The summed E-state index contributed by atoms with van der Waals surface area (Å²) in [6.07, 6.45) is 0.652. The second kappa shape index (κ2) is 7.56. The molecule has 0 aliphatic carbocycles. The smallest absolute Gasteiger partial charge is 0.336 e. The predicted octanol–water partition coefficient (Wildman–Crippen LogP) is 4.65. The van der Waals surface area contributed by atoms with Gasteiger partial charge in [-0.2, -0.15) is 0 Å². The molecule has 4 nitrogen and oxygen atoms in total. The van der Waals surface area contributed by atoms with Crippen LogP contribution in [0.4, 0.5) is 0 Å². The summed E-state index contributed by atoms with van der Waals surface area (Å²) in [5.74, 6) is -0.601. The number of ether oxygens (including phenoxy) is 1. The van der Waals surface area contributed by atoms with E-state index in [1.165, 1.54) is 6.07 Å². The number of esters is 1. The standard InChI is InChI=1S/C22H22O4/c1-4-18(16-8-6-5-7-9-16)22(24)25-13-17-12-21(23)26-20-11-15(3)14(2)10-19(17)20/h5-12,18H,4,13H2,1-3H3/t18-/m0/s1. The molecule has 3 rings (SSSR count). The van der Waals surface area contributed by atoms with Gasteiger partial charge in [0.2, 0.25) is 0 Å². The van der Waals surface area contributed by atoms with Gasteiger partial charge in [-0.25, -0.2) is 4.79 Å². The normalized spacial score (nSPS) is 12.1. The average Bonchev–Trinajstić information content (AvgIpc) is 2.62. The van der Waals surface area contributed by atoms with E-state index in [4.69, 9.17) is 9.15 Å². The third kappa shape index (κ3) is 3.69. The summed E-state index contributed by atoms with van der Waals surface area (Å²) in [4.78, 5) is 24.4. The summed E-state index contributed by atoms with van der Waals surface area (Å²) in [7, 11) is 0. The van der Waals surface area contributed by atoms with Crippen LogP contribution >= 0.6 is 0 Å². The molecule has 0 radical (unpaired) electrons. The Bertz CT molecular complexity index is 986. The van der Waals surface area contributed by atoms with Crippen LogP contribution in [0, 0.1) is 13.8 Å². The van der Waals surface area contributed by atoms with E-state index < -0.39 is 5.63 Å². The highest BCUT2D eigenvalue weighted by Gasteiger charge is 2.20. The van der Waals surface area contributed by atoms with Gasteiger partial charge < -0.3 is 9.15 Å². The number of carbonyl (C=O) groups excluding carboxylic acids is 1. The van der Waals surface area contributed by atoms with Crippen molar-refractivity contribution in [2.75, 3.05) is 0 Å². The molecule has 1 aromatic heterocycles. The second-order valence-electron chi connectivity index (χ2n) is 6.50. The van der Waals surface area contributed by atoms with Gasteiger partial charge in [0.25, 0.3) is 0 Å². The first-order valence-electron chi connectivity index (χ1n) is 8.75. The number of hydrogen-bond donors (Lipinski definition) is 0. The van der Waals surface area contributed by atoms with Gasteiger partial charge in [-0.15, -0.1) is 0 Å². The number of benzene rings is 2. The molecule has 0 aliphatic rings. The van der Waals surface area contributed by atoms with Gasteiger partial charge in [-0.1, -0.05) is 37.3 Å². The molecule has 0 unspecified atom stereocenters. The van der Waals surface area contributed by atoms with Crippen molar-refractivity contribution in [1.29, 1.82) is 0 Å². The number of fused-ring (bicyclic) bond motifs is 1. The molecular weight excluding hydrogens is 328 g/mol. The highest BCUT2D eigenvalue weighted by atomic mass is 16.5. The van der Waals surface area contributed by atoms with Crippen LogP contribution in [-0.2, 0) is 16.1 Å². The maximum absolute atomic E-state index is 12.6. The molecule has 0 spiro atoms. The molecule has 0 saturated heterocycles. The minimum atomic E-state index is -0.443. The topological polar surface area (TPSA) is 56.5 Å². The predicted molar refractivity (Wildman–Crippen MR) is 101 cm³/mol. The van der Waals surface area contributed by atoms with Crippen LogP contribution in [-0.4, -0.2) is 5.97 Å². The fourth-order valence-corrected chi connectivity index (χ4v) is 3.08. The number of rotatable bonds is 5. The quantitative estimate of drug-likeness (QED) is 0.496. The lowest BCUT2D eigenvalue weighted by atomic mass is 9.97. The van der Waals surface area contributed by atoms with E-state index in [0.29, 0.717) is 17.6 Å². The first kappa shape index (κ1) is 17.9. The summed E-state index contributed by atoms with van der Waals surface area (Å²) in [5.41, 5.74) is 3.81. The average molecular weight is 350 g/mol. The van der Waals surface area contributed by atoms with Crippen molar-refractivity contribution in [3.63, 3.8) is 0 Å². The molecule has 0 bridgehead atoms. The van der Waals surface area contributed by atoms with Crippen LogP contribution in [0.15, 0.2) is 57.7 Å². The summed E-state index contributed by atoms with van der Waals surface area (Å²) in [5, 5.41) is 0.799. The lowest BCUT2D eigenvalue weighted by molar-refractivity contribution is -0.146. The third-order valence-corrected chi connectivity index (χ3v) is 4.71. The molecule has 1 heterocycles. The molecule has 134 valence electrons. The van der Waals surface area contributed by atoms with Crippen molar-refractivity contribution >= 4 is 16.9 Å². The van der Waals surface area contributed by atoms with E-state index in [-0.39, 0.29) is 18.5 Å². The van der Waals surface area contributed by atoms with Gasteiger partial charge >= 0.3 is 11.6 Å². The molecule has 0 saturated carbocycles. The van der Waals surface area contributed by atoms with Gasteiger partial charge in [0, 0.05) is 17.0 Å². The Balaban J connectivity index is 1.86. The molecule has 0 fully saturated rings. The molecule has 0 N–H and O–H groups in total. The molecule has 3 aromatic rings. The Morgan fingerprint density at radius 3 is 2.46 bits per heavy atom. The SMILES string of the molecule is CC[C@H](C(=O)OCc1cc(=O)oc2cc(C)c(C)cc12)c1ccccc1. The van der Waals surface area contributed by atoms with Gasteiger partial charge in [0.1, 0.15) is 12.2 Å². The van der Waals surface area contributed by atoms with Crippen molar-refractivity contribution in [2.24, 2.45) is 0 Å². The summed E-state index contributed by atoms with van der Waals surface area (Å²) >= 11 is 0. The molecule has 0 amide bonds. The third-order valence-electron chi connectivity index (χ3n) is 4.71. The van der Waals surface area contributed by atoms with Crippen LogP contribution in [0.2, 0.25) is 0 Å². The maximum Gasteiger partial charge on any atom is 0.336 e. The Kier molecular flexibility index (Phi) is 5.21. The monoisotopic (exact) mass is 350 g/mol. The maximum atomic E-state index is 12.6. The lowest BCUT2D eigenvalue weighted by Crippen LogP contribution is -2.16. The van der Waals surface area contributed by atoms with Gasteiger partial charge in [0.15, 0.2) is 0 Å². The van der Waals surface area contributed by atoms with Crippen LogP contribution in [0.3, 0.4) is 0 Å². The molecule has 2 aromatic carbocycles. The van der Waals surface area contributed by atoms with Crippen molar-refractivity contribution in [3.05, 3.63) is 81.2 Å². The van der Waals surface area contributed by atoms with E-state index in [9.17, 15) is 9.59 Å². The van der Waals surface area contributed by atoms with Crippen molar-refractivity contribution in [2.45, 2.75) is 39.7 Å². The van der Waals surface area contributed by atoms with Crippen molar-refractivity contribution in [3.8, 4) is 0 Å². The van der Waals surface area contributed by atoms with Crippen molar-refractivity contribution in [1.82, 2.24) is 0 Å². The van der Waals surface area contributed by atoms with E-state index in [2.05, 4.69) is 0 Å². The lowest BCUT2D eigenvalue weighted by Gasteiger charge is -2.15. The summed E-state index contributed by atoms with van der Waals surface area (Å²) in [6.45, 7) is 5.97. The fourth-order valence-electron chi connectivity index (χ4n) is 3.08. The Labute approximate surface area is 152 Å². The van der Waals surface area contributed by atoms with Crippen molar-refractivity contribution < 1.29 is 13.9 Å². The molecule has 1 atom stereocenters. The van der Waals surface area contributed by atoms with E-state index in [1.807, 2.05) is 63.2 Å². The minimum Gasteiger partial charge on any atom is -0.460 e. The van der Waals surface area contributed by atoms with Gasteiger partial charge in [0.05, 0.1) is 5.92 Å². The first-order valence-corrected chi connectivity index (χ1v) is 8.75. The van der Waals surface area contributed by atoms with E-state index in [0.717, 1.165) is 22.1 Å². The second-order valence-corrected chi connectivity index (χ2v) is 6.50. The summed E-state index contributed by atoms with van der Waals surface area (Å²) < 4.78 is 10.8. The minimum absolute atomic E-state index is 0.0484. The zero-order valence-electron chi connectivity index (χ0n) is 15.2. The Morgan fingerprint density at radius 2 is 1.77 bits per heavy atom. The van der Waals surface area contributed by atoms with Gasteiger partial charge in [-0.05, 0) is 49.1 Å². The highest BCUT2D eigenvalue weighted by Crippen LogP contribution is 2.24. The number of hydrogen-bond acceptors (Lipinski definition) is 4. The zero-order valence-corrected chi connectivity index (χ0v) is 15.2. The van der Waals surface area contributed by atoms with Crippen LogP contribution < -0.4 is 5.63 Å². The van der Waals surface area contributed by atoms with Crippen LogP contribution in [0.25, 0.3) is 11.0 Å². The number of aryl methyl sites for hydroxylation is 2. The largest absolute Gasteiger partial charge is 0.460 e. The van der Waals surface area contributed by atoms with Crippen LogP contribution in [0.1, 0.15) is 41.5 Å². The molecule has 26 heavy (non-hydrogen) atoms. The first-order chi connectivity index (χ1) is 12.5. The fraction of sp³-hybridized carbons (Fsp3) is 0.273. The molecule has 0 aliphatic heterocycles. The zero-order chi connectivity index (χ0) is 18.7. The highest BCUT2D eigenvalue weighted by molar-refractivity contribution is 5.82.